The number of nitrogens with zero attached hydrogens (tertiary/aromatic N) is 4. The molecule has 106 valence electrons. The highest BCUT2D eigenvalue weighted by Gasteiger charge is 2.39. The lowest BCUT2D eigenvalue weighted by Crippen LogP contribution is -2.60. The van der Waals surface area contributed by atoms with Crippen molar-refractivity contribution in [3.8, 4) is 0 Å². The minimum atomic E-state index is 0.197. The van der Waals surface area contributed by atoms with E-state index in [9.17, 15) is 0 Å². The van der Waals surface area contributed by atoms with Gasteiger partial charge in [0, 0.05) is 37.6 Å². The largest absolute Gasteiger partial charge is 0.333 e. The summed E-state index contributed by atoms with van der Waals surface area (Å²) in [6.07, 6.45) is 6.38. The smallest absolute Gasteiger partial charge is 0.122 e. The molecule has 3 heterocycles. The summed E-state index contributed by atoms with van der Waals surface area (Å²) in [6, 6.07) is 0. The molecule has 0 saturated carbocycles. The molecule has 2 aliphatic heterocycles. The molecule has 0 aromatic carbocycles. The summed E-state index contributed by atoms with van der Waals surface area (Å²) in [4.78, 5) is 9.58. The predicted molar refractivity (Wildman–Crippen MR) is 75.8 cm³/mol. The van der Waals surface area contributed by atoms with Gasteiger partial charge in [0.1, 0.15) is 5.82 Å². The van der Waals surface area contributed by atoms with E-state index in [1.54, 1.807) is 0 Å². The fourth-order valence-electron chi connectivity index (χ4n) is 3.51. The van der Waals surface area contributed by atoms with Gasteiger partial charge in [-0.15, -0.1) is 0 Å². The van der Waals surface area contributed by atoms with Gasteiger partial charge in [0.05, 0.1) is 6.54 Å². The summed E-state index contributed by atoms with van der Waals surface area (Å²) in [7, 11) is 0. The van der Waals surface area contributed by atoms with Crippen LogP contribution < -0.4 is 5.73 Å². The summed E-state index contributed by atoms with van der Waals surface area (Å²) < 4.78 is 2.27. The van der Waals surface area contributed by atoms with E-state index >= 15 is 0 Å². The maximum Gasteiger partial charge on any atom is 0.122 e. The van der Waals surface area contributed by atoms with E-state index in [0.29, 0.717) is 0 Å². The monoisotopic (exact) mass is 263 g/mol. The van der Waals surface area contributed by atoms with E-state index in [2.05, 4.69) is 32.5 Å². The first-order chi connectivity index (χ1) is 9.27. The molecule has 0 atom stereocenters. The summed E-state index contributed by atoms with van der Waals surface area (Å²) in [6.45, 7) is 9.64. The number of hydrogen-bond acceptors (Lipinski definition) is 4. The molecule has 0 aliphatic carbocycles. The van der Waals surface area contributed by atoms with Crippen LogP contribution in [0, 0.1) is 0 Å². The number of hydrogen-bond donors (Lipinski definition) is 1. The molecule has 2 aliphatic rings. The zero-order chi connectivity index (χ0) is 13.3. The van der Waals surface area contributed by atoms with Crippen LogP contribution >= 0.6 is 0 Å². The molecule has 5 heteroatoms. The zero-order valence-electron chi connectivity index (χ0n) is 11.9. The van der Waals surface area contributed by atoms with Crippen molar-refractivity contribution < 1.29 is 0 Å². The molecule has 0 spiro atoms. The van der Waals surface area contributed by atoms with E-state index in [0.717, 1.165) is 32.7 Å². The quantitative estimate of drug-likeness (QED) is 0.863. The van der Waals surface area contributed by atoms with Crippen LogP contribution in [0.25, 0.3) is 0 Å². The molecule has 0 unspecified atom stereocenters. The highest BCUT2D eigenvalue weighted by Crippen LogP contribution is 2.30. The normalized spacial score (nSPS) is 24.3. The minimum absolute atomic E-state index is 0.197. The average Bonchev–Trinajstić information content (AvgIpc) is 2.94. The fourth-order valence-corrected chi connectivity index (χ4v) is 3.51. The highest BCUT2D eigenvalue weighted by molar-refractivity contribution is 5.03. The first-order valence-electron chi connectivity index (χ1n) is 7.45. The molecule has 5 nitrogen and oxygen atoms in total. The summed E-state index contributed by atoms with van der Waals surface area (Å²) in [5.74, 6) is 1.19. The topological polar surface area (TPSA) is 50.3 Å². The molecule has 0 radical (unpaired) electrons. The zero-order valence-corrected chi connectivity index (χ0v) is 11.9. The van der Waals surface area contributed by atoms with Gasteiger partial charge in [0.25, 0.3) is 0 Å². The third-order valence-corrected chi connectivity index (χ3v) is 5.03. The van der Waals surface area contributed by atoms with Crippen molar-refractivity contribution >= 4 is 0 Å². The Hall–Kier alpha value is -0.910. The summed E-state index contributed by atoms with van der Waals surface area (Å²) in [5, 5.41) is 0. The van der Waals surface area contributed by atoms with E-state index in [1.807, 2.05) is 6.20 Å². The molecule has 1 fully saturated rings. The third kappa shape index (κ3) is 2.30. The average molecular weight is 263 g/mol. The Balaban J connectivity index is 1.73. The number of aromatic nitrogens is 2. The van der Waals surface area contributed by atoms with Crippen molar-refractivity contribution in [1.82, 2.24) is 19.4 Å². The lowest BCUT2D eigenvalue weighted by molar-refractivity contribution is 0.00883. The van der Waals surface area contributed by atoms with Gasteiger partial charge in [-0.3, -0.25) is 4.90 Å². The Morgan fingerprint density at radius 2 is 2.05 bits per heavy atom. The second kappa shape index (κ2) is 5.23. The number of imidazole rings is 1. The standard InChI is InChI=1S/C14H25N5/c1-2-17-6-3-14(12-15,4-7-17)19-10-9-18-8-5-16-13(18)11-19/h5,8H,2-4,6-7,9-12,15H2,1H3. The van der Waals surface area contributed by atoms with Crippen LogP contribution in [0.1, 0.15) is 25.6 Å². The van der Waals surface area contributed by atoms with Crippen LogP contribution in [0.4, 0.5) is 0 Å². The third-order valence-electron chi connectivity index (χ3n) is 5.03. The molecule has 1 aromatic heterocycles. The van der Waals surface area contributed by atoms with Crippen LogP contribution in [0.3, 0.4) is 0 Å². The Morgan fingerprint density at radius 1 is 1.26 bits per heavy atom. The molecule has 0 amide bonds. The van der Waals surface area contributed by atoms with E-state index in [1.165, 1.54) is 31.8 Å². The second-order valence-electron chi connectivity index (χ2n) is 5.82. The Morgan fingerprint density at radius 3 is 2.74 bits per heavy atom. The lowest BCUT2D eigenvalue weighted by Gasteiger charge is -2.49. The van der Waals surface area contributed by atoms with Gasteiger partial charge in [0.15, 0.2) is 0 Å². The minimum Gasteiger partial charge on any atom is -0.333 e. The molecule has 3 rings (SSSR count). The van der Waals surface area contributed by atoms with Crippen LogP contribution in [0.2, 0.25) is 0 Å². The Labute approximate surface area is 115 Å². The van der Waals surface area contributed by atoms with Crippen LogP contribution in [0.5, 0.6) is 0 Å². The number of rotatable bonds is 3. The fraction of sp³-hybridized carbons (Fsp3) is 0.786. The maximum absolute atomic E-state index is 6.16. The summed E-state index contributed by atoms with van der Waals surface area (Å²) in [5.41, 5.74) is 6.36. The molecule has 2 N–H and O–H groups in total. The predicted octanol–water partition coefficient (Wildman–Crippen LogP) is 0.512. The second-order valence-corrected chi connectivity index (χ2v) is 5.82. The molecule has 1 aromatic rings. The van der Waals surface area contributed by atoms with Crippen molar-refractivity contribution in [2.45, 2.75) is 38.4 Å². The number of likely N-dealkylation sites (tertiary alicyclic amines) is 1. The van der Waals surface area contributed by atoms with Crippen LogP contribution in [0.15, 0.2) is 12.4 Å². The van der Waals surface area contributed by atoms with Gasteiger partial charge in [0.2, 0.25) is 0 Å². The Kier molecular flexibility index (Phi) is 3.60. The number of piperidine rings is 1. The molecular formula is C14H25N5. The first-order valence-corrected chi connectivity index (χ1v) is 7.45. The Bertz CT molecular complexity index is 419. The molecule has 1 saturated heterocycles. The van der Waals surface area contributed by atoms with E-state index in [4.69, 9.17) is 5.73 Å². The van der Waals surface area contributed by atoms with Gasteiger partial charge in [-0.25, -0.2) is 4.98 Å². The van der Waals surface area contributed by atoms with Crippen LogP contribution in [-0.4, -0.2) is 57.6 Å². The van der Waals surface area contributed by atoms with Gasteiger partial charge in [-0.2, -0.15) is 0 Å². The van der Waals surface area contributed by atoms with Gasteiger partial charge >= 0.3 is 0 Å². The molecular weight excluding hydrogens is 238 g/mol. The van der Waals surface area contributed by atoms with Gasteiger partial charge < -0.3 is 15.2 Å². The van der Waals surface area contributed by atoms with Crippen molar-refractivity contribution in [1.29, 1.82) is 0 Å². The lowest BCUT2D eigenvalue weighted by atomic mass is 9.85. The van der Waals surface area contributed by atoms with Crippen molar-refractivity contribution in [2.24, 2.45) is 5.73 Å². The number of fused-ring (bicyclic) bond motifs is 1. The molecule has 19 heavy (non-hydrogen) atoms. The van der Waals surface area contributed by atoms with E-state index < -0.39 is 0 Å². The maximum atomic E-state index is 6.16. The van der Waals surface area contributed by atoms with Crippen molar-refractivity contribution in [3.63, 3.8) is 0 Å². The van der Waals surface area contributed by atoms with Crippen molar-refractivity contribution in [3.05, 3.63) is 18.2 Å². The first kappa shape index (κ1) is 13.1. The SMILES string of the molecule is CCN1CCC(CN)(N2CCn3ccnc3C2)CC1. The summed E-state index contributed by atoms with van der Waals surface area (Å²) >= 11 is 0. The van der Waals surface area contributed by atoms with Gasteiger partial charge in [-0.1, -0.05) is 6.92 Å². The van der Waals surface area contributed by atoms with Gasteiger partial charge in [-0.05, 0) is 32.5 Å². The highest BCUT2D eigenvalue weighted by atomic mass is 15.3. The van der Waals surface area contributed by atoms with Crippen molar-refractivity contribution in [2.75, 3.05) is 32.7 Å². The molecule has 0 bridgehead atoms. The number of nitrogens with two attached hydrogens (primary N) is 1. The van der Waals surface area contributed by atoms with E-state index in [-0.39, 0.29) is 5.54 Å². The van der Waals surface area contributed by atoms with Crippen LogP contribution in [-0.2, 0) is 13.1 Å².